The van der Waals surface area contributed by atoms with Crippen LogP contribution in [0.3, 0.4) is 0 Å². The summed E-state index contributed by atoms with van der Waals surface area (Å²) >= 11 is 3.06. The lowest BCUT2D eigenvalue weighted by Gasteiger charge is -2.28. The highest BCUT2D eigenvalue weighted by Gasteiger charge is 2.31. The molecule has 5 aromatic rings. The molecule has 1 saturated carbocycles. The van der Waals surface area contributed by atoms with Gasteiger partial charge >= 0.3 is 5.97 Å². The van der Waals surface area contributed by atoms with E-state index in [0.717, 1.165) is 74.9 Å². The quantitative estimate of drug-likeness (QED) is 0.205. The van der Waals surface area contributed by atoms with Crippen molar-refractivity contribution < 1.29 is 23.1 Å². The summed E-state index contributed by atoms with van der Waals surface area (Å²) in [6, 6.07) is 14.3. The lowest BCUT2D eigenvalue weighted by molar-refractivity contribution is -0.131. The van der Waals surface area contributed by atoms with Crippen LogP contribution in [0.4, 0.5) is 0 Å². The fourth-order valence-corrected chi connectivity index (χ4v) is 10.3. The predicted octanol–water partition coefficient (Wildman–Crippen LogP) is 7.27. The minimum atomic E-state index is -3.14. The van der Waals surface area contributed by atoms with Crippen LogP contribution in [-0.2, 0) is 21.2 Å². The van der Waals surface area contributed by atoms with Gasteiger partial charge in [0.1, 0.15) is 11.4 Å². The van der Waals surface area contributed by atoms with Gasteiger partial charge in [0, 0.05) is 33.8 Å². The molecule has 0 unspecified atom stereocenters. The Kier molecular flexibility index (Phi) is 7.82. The van der Waals surface area contributed by atoms with Crippen LogP contribution in [0.15, 0.2) is 42.5 Å². The van der Waals surface area contributed by atoms with Gasteiger partial charge in [0.2, 0.25) is 5.91 Å². The molecule has 1 aromatic carbocycles. The van der Waals surface area contributed by atoms with Crippen molar-refractivity contribution in [2.24, 2.45) is 0 Å². The van der Waals surface area contributed by atoms with E-state index >= 15 is 0 Å². The average molecular weight is 662 g/mol. The first-order valence-electron chi connectivity index (χ1n) is 15.4. The number of sulfone groups is 1. The molecule has 0 spiro atoms. The van der Waals surface area contributed by atoms with Crippen LogP contribution in [0.25, 0.3) is 43.6 Å². The van der Waals surface area contributed by atoms with Gasteiger partial charge in [0.15, 0.2) is 9.84 Å². The Morgan fingerprint density at radius 3 is 2.42 bits per heavy atom. The van der Waals surface area contributed by atoms with Crippen molar-refractivity contribution in [2.45, 2.75) is 58.4 Å². The molecule has 234 valence electrons. The van der Waals surface area contributed by atoms with Gasteiger partial charge in [-0.05, 0) is 74.1 Å². The largest absolute Gasteiger partial charge is 0.477 e. The molecule has 2 aliphatic rings. The number of aryl methyl sites for hydroxylation is 2. The number of benzene rings is 1. The number of aromatic carboxylic acids is 1. The molecule has 0 bridgehead atoms. The van der Waals surface area contributed by atoms with Gasteiger partial charge in [-0.3, -0.25) is 4.79 Å². The first-order valence-corrected chi connectivity index (χ1v) is 18.9. The van der Waals surface area contributed by atoms with Gasteiger partial charge in [-0.2, -0.15) is 0 Å². The Balaban J connectivity index is 1.37. The van der Waals surface area contributed by atoms with E-state index in [-0.39, 0.29) is 47.8 Å². The third kappa shape index (κ3) is 5.70. The van der Waals surface area contributed by atoms with E-state index < -0.39 is 15.8 Å². The minimum absolute atomic E-state index is 0.0143. The number of thiophene rings is 2. The van der Waals surface area contributed by atoms with E-state index in [1.54, 1.807) is 22.3 Å². The van der Waals surface area contributed by atoms with Crippen LogP contribution in [0.1, 0.15) is 63.0 Å². The Morgan fingerprint density at radius 2 is 1.73 bits per heavy atom. The maximum atomic E-state index is 13.7. The maximum Gasteiger partial charge on any atom is 0.345 e. The van der Waals surface area contributed by atoms with E-state index in [9.17, 15) is 23.1 Å². The van der Waals surface area contributed by atoms with Crippen LogP contribution in [0, 0.1) is 13.8 Å². The molecular formula is C34H35N3O5S3. The summed E-state index contributed by atoms with van der Waals surface area (Å²) in [6.45, 7) is 4.59. The monoisotopic (exact) mass is 661 g/mol. The van der Waals surface area contributed by atoms with Gasteiger partial charge in [0.25, 0.3) is 0 Å². The summed E-state index contributed by atoms with van der Waals surface area (Å²) in [5.41, 5.74) is 6.78. The Bertz CT molecular complexity index is 2070. The van der Waals surface area contributed by atoms with E-state index in [1.807, 2.05) is 10.6 Å². The zero-order valence-corrected chi connectivity index (χ0v) is 27.8. The highest BCUT2D eigenvalue weighted by Crippen LogP contribution is 2.47. The van der Waals surface area contributed by atoms with Crippen LogP contribution < -0.4 is 0 Å². The normalized spacial score (nSPS) is 17.3. The van der Waals surface area contributed by atoms with E-state index in [4.69, 9.17) is 4.98 Å². The SMILES string of the molecule is Cc1cc(-c2ccc3cc(-c4c(C5CCCCC5)c5sc(C(=O)O)cc5n4CC(=O)N4CCS(=O)(=O)CC4)ccc3n2)c(C)s1. The summed E-state index contributed by atoms with van der Waals surface area (Å²) in [7, 11) is -3.14. The fourth-order valence-electron chi connectivity index (χ4n) is 7.00. The molecule has 8 nitrogen and oxygen atoms in total. The number of carbonyl (C=O) groups excluding carboxylic acids is 1. The van der Waals surface area contributed by atoms with Crippen molar-refractivity contribution in [1.29, 1.82) is 0 Å². The second-order valence-electron chi connectivity index (χ2n) is 12.3. The van der Waals surface area contributed by atoms with Crippen LogP contribution in [-0.4, -0.2) is 64.4 Å². The molecule has 0 atom stereocenters. The second kappa shape index (κ2) is 11.7. The van der Waals surface area contributed by atoms with E-state index in [1.165, 1.54) is 27.5 Å². The smallest absolute Gasteiger partial charge is 0.345 e. The number of carboxylic acid groups (broad SMARTS) is 1. The molecule has 45 heavy (non-hydrogen) atoms. The van der Waals surface area contributed by atoms with Crippen molar-refractivity contribution in [3.05, 3.63) is 62.7 Å². The number of nitrogens with zero attached hydrogens (tertiary/aromatic N) is 3. The number of carboxylic acids is 1. The molecule has 0 radical (unpaired) electrons. The van der Waals surface area contributed by atoms with E-state index in [2.05, 4.69) is 44.2 Å². The van der Waals surface area contributed by atoms with Crippen LogP contribution >= 0.6 is 22.7 Å². The van der Waals surface area contributed by atoms with Gasteiger partial charge in [-0.15, -0.1) is 22.7 Å². The lowest BCUT2D eigenvalue weighted by Crippen LogP contribution is -2.45. The lowest BCUT2D eigenvalue weighted by atomic mass is 9.83. The summed E-state index contributed by atoms with van der Waals surface area (Å²) in [4.78, 5) is 35.2. The summed E-state index contributed by atoms with van der Waals surface area (Å²) in [5, 5.41) is 10.9. The third-order valence-electron chi connectivity index (χ3n) is 9.27. The summed E-state index contributed by atoms with van der Waals surface area (Å²) < 4.78 is 27.0. The number of amides is 1. The van der Waals surface area contributed by atoms with Crippen molar-refractivity contribution in [2.75, 3.05) is 24.6 Å². The molecule has 1 amide bonds. The molecule has 1 aliphatic carbocycles. The Morgan fingerprint density at radius 1 is 0.978 bits per heavy atom. The zero-order chi connectivity index (χ0) is 31.5. The fraction of sp³-hybridized carbons (Fsp3) is 0.382. The third-order valence-corrected chi connectivity index (χ3v) is 13.0. The Hall–Kier alpha value is -3.54. The highest BCUT2D eigenvalue weighted by molar-refractivity contribution is 7.91. The number of hydrogen-bond acceptors (Lipinski definition) is 7. The number of pyridine rings is 1. The number of fused-ring (bicyclic) bond motifs is 2. The molecule has 5 heterocycles. The molecule has 4 aromatic heterocycles. The zero-order valence-electron chi connectivity index (χ0n) is 25.3. The van der Waals surface area contributed by atoms with Crippen LogP contribution in [0.2, 0.25) is 0 Å². The molecule has 2 fully saturated rings. The van der Waals surface area contributed by atoms with Crippen molar-refractivity contribution in [3.8, 4) is 22.5 Å². The first kappa shape index (κ1) is 30.1. The molecule has 7 rings (SSSR count). The van der Waals surface area contributed by atoms with Crippen molar-refractivity contribution in [1.82, 2.24) is 14.5 Å². The average Bonchev–Trinajstić information content (AvgIpc) is 3.69. The van der Waals surface area contributed by atoms with Crippen molar-refractivity contribution in [3.63, 3.8) is 0 Å². The minimum Gasteiger partial charge on any atom is -0.477 e. The number of carbonyl (C=O) groups is 2. The number of hydrogen-bond donors (Lipinski definition) is 1. The Labute approximate surface area is 270 Å². The summed E-state index contributed by atoms with van der Waals surface area (Å²) in [5.74, 6) is -0.948. The van der Waals surface area contributed by atoms with Gasteiger partial charge in [-0.25, -0.2) is 18.2 Å². The summed E-state index contributed by atoms with van der Waals surface area (Å²) in [6.07, 6.45) is 5.44. The molecule has 1 aliphatic heterocycles. The standard InChI is InChI=1S/C34H35N3O5S3/c1-20-16-25(21(2)43-20)27-11-8-23-17-24(9-10-26(23)35-27)32-31(22-6-4-3-5-7-22)33-28(18-29(44-33)34(39)40)37(32)19-30(38)36-12-14-45(41,42)15-13-36/h8-11,16-18,22H,3-7,12-15,19H2,1-2H3,(H,39,40). The van der Waals surface area contributed by atoms with E-state index in [0.29, 0.717) is 0 Å². The molecule has 11 heteroatoms. The molecule has 1 saturated heterocycles. The van der Waals surface area contributed by atoms with Crippen molar-refractivity contribution >= 4 is 65.5 Å². The predicted molar refractivity (Wildman–Crippen MR) is 181 cm³/mol. The van der Waals surface area contributed by atoms with Crippen LogP contribution in [0.5, 0.6) is 0 Å². The molecule has 1 N–H and O–H groups in total. The number of aromatic nitrogens is 2. The van der Waals surface area contributed by atoms with Gasteiger partial charge in [-0.1, -0.05) is 31.4 Å². The molecular weight excluding hydrogens is 627 g/mol. The van der Waals surface area contributed by atoms with Gasteiger partial charge < -0.3 is 14.6 Å². The van der Waals surface area contributed by atoms with Gasteiger partial charge in [0.05, 0.1) is 38.6 Å². The second-order valence-corrected chi connectivity index (χ2v) is 17.1. The number of rotatable bonds is 6. The highest BCUT2D eigenvalue weighted by atomic mass is 32.2. The maximum absolute atomic E-state index is 13.7. The topological polar surface area (TPSA) is 110 Å². The first-order chi connectivity index (χ1) is 21.6.